The molecular formula is C13H22O4. The molecule has 0 saturated carbocycles. The fourth-order valence-electron chi connectivity index (χ4n) is 2.00. The highest BCUT2D eigenvalue weighted by molar-refractivity contribution is 6.04. The van der Waals surface area contributed by atoms with Crippen LogP contribution in [0, 0.1) is 11.8 Å². The minimum atomic E-state index is -1.04. The standard InChI is InChI=1S/C13H22O4/c1-7(2)10-8(3)9(14)11(16-10)12(15)17-13(4,5)6/h7-8,10-11H,1-6H3/t8-,10-,11?/m0/s1. The van der Waals surface area contributed by atoms with Gasteiger partial charge in [-0.3, -0.25) is 4.79 Å². The summed E-state index contributed by atoms with van der Waals surface area (Å²) in [5, 5.41) is 0. The van der Waals surface area contributed by atoms with E-state index < -0.39 is 17.7 Å². The van der Waals surface area contributed by atoms with E-state index in [-0.39, 0.29) is 23.7 Å². The number of ether oxygens (including phenoxy) is 2. The van der Waals surface area contributed by atoms with Gasteiger partial charge in [0.15, 0.2) is 5.78 Å². The second-order valence-corrected chi connectivity index (χ2v) is 5.95. The third kappa shape index (κ3) is 3.28. The molecule has 0 radical (unpaired) electrons. The van der Waals surface area contributed by atoms with E-state index in [4.69, 9.17) is 9.47 Å². The van der Waals surface area contributed by atoms with E-state index in [1.54, 1.807) is 27.7 Å². The average molecular weight is 242 g/mol. The van der Waals surface area contributed by atoms with Crippen LogP contribution in [0.1, 0.15) is 41.5 Å². The lowest BCUT2D eigenvalue weighted by Crippen LogP contribution is -2.35. The first kappa shape index (κ1) is 14.2. The topological polar surface area (TPSA) is 52.6 Å². The van der Waals surface area contributed by atoms with Crippen molar-refractivity contribution in [1.29, 1.82) is 0 Å². The Bertz CT molecular complexity index is 314. The number of esters is 1. The smallest absolute Gasteiger partial charge is 0.343 e. The molecule has 0 amide bonds. The van der Waals surface area contributed by atoms with Crippen molar-refractivity contribution in [2.45, 2.75) is 59.4 Å². The van der Waals surface area contributed by atoms with Crippen LogP contribution in [0.25, 0.3) is 0 Å². The molecular weight excluding hydrogens is 220 g/mol. The zero-order valence-corrected chi connectivity index (χ0v) is 11.4. The Morgan fingerprint density at radius 2 is 1.88 bits per heavy atom. The lowest BCUT2D eigenvalue weighted by Gasteiger charge is -2.22. The summed E-state index contributed by atoms with van der Waals surface area (Å²) in [6, 6.07) is 0. The largest absolute Gasteiger partial charge is 0.458 e. The van der Waals surface area contributed by atoms with Gasteiger partial charge in [-0.25, -0.2) is 4.79 Å². The number of rotatable bonds is 2. The highest BCUT2D eigenvalue weighted by atomic mass is 16.6. The summed E-state index contributed by atoms with van der Waals surface area (Å²) in [5.41, 5.74) is -0.597. The molecule has 4 nitrogen and oxygen atoms in total. The van der Waals surface area contributed by atoms with E-state index in [0.717, 1.165) is 0 Å². The van der Waals surface area contributed by atoms with Crippen LogP contribution in [0.5, 0.6) is 0 Å². The van der Waals surface area contributed by atoms with Gasteiger partial charge in [0.2, 0.25) is 6.10 Å². The summed E-state index contributed by atoms with van der Waals surface area (Å²) in [7, 11) is 0. The second-order valence-electron chi connectivity index (χ2n) is 5.95. The molecule has 1 saturated heterocycles. The Hall–Kier alpha value is -0.900. The van der Waals surface area contributed by atoms with Crippen LogP contribution in [0.15, 0.2) is 0 Å². The molecule has 0 spiro atoms. The summed E-state index contributed by atoms with van der Waals surface area (Å²) in [4.78, 5) is 23.7. The molecule has 98 valence electrons. The number of ketones is 1. The van der Waals surface area contributed by atoms with Crippen molar-refractivity contribution in [3.05, 3.63) is 0 Å². The summed E-state index contributed by atoms with van der Waals surface area (Å²) >= 11 is 0. The Labute approximate surface area is 103 Å². The van der Waals surface area contributed by atoms with Crippen molar-refractivity contribution in [3.63, 3.8) is 0 Å². The van der Waals surface area contributed by atoms with Gasteiger partial charge < -0.3 is 9.47 Å². The first-order valence-corrected chi connectivity index (χ1v) is 6.05. The predicted molar refractivity (Wildman–Crippen MR) is 63.5 cm³/mol. The van der Waals surface area contributed by atoms with Gasteiger partial charge in [-0.2, -0.15) is 0 Å². The number of carbonyl (C=O) groups excluding carboxylic acids is 2. The van der Waals surface area contributed by atoms with Gasteiger partial charge >= 0.3 is 5.97 Å². The molecule has 4 heteroatoms. The van der Waals surface area contributed by atoms with Crippen molar-refractivity contribution in [2.24, 2.45) is 11.8 Å². The van der Waals surface area contributed by atoms with Gasteiger partial charge in [-0.1, -0.05) is 20.8 Å². The molecule has 0 aromatic carbocycles. The molecule has 0 bridgehead atoms. The van der Waals surface area contributed by atoms with E-state index in [0.29, 0.717) is 0 Å². The summed E-state index contributed by atoms with van der Waals surface area (Å²) < 4.78 is 10.7. The summed E-state index contributed by atoms with van der Waals surface area (Å²) in [6.45, 7) is 11.1. The maximum atomic E-state index is 11.9. The number of carbonyl (C=O) groups is 2. The third-order valence-electron chi connectivity index (χ3n) is 2.77. The molecule has 3 atom stereocenters. The predicted octanol–water partition coefficient (Wildman–Crippen LogP) is 1.96. The van der Waals surface area contributed by atoms with E-state index >= 15 is 0 Å². The van der Waals surface area contributed by atoms with Gasteiger partial charge in [0.25, 0.3) is 0 Å². The van der Waals surface area contributed by atoms with E-state index in [9.17, 15) is 9.59 Å². The fraction of sp³-hybridized carbons (Fsp3) is 0.846. The normalized spacial score (nSPS) is 29.8. The van der Waals surface area contributed by atoms with Crippen LogP contribution in [0.3, 0.4) is 0 Å². The molecule has 1 unspecified atom stereocenters. The van der Waals surface area contributed by atoms with Crippen LogP contribution >= 0.6 is 0 Å². The quantitative estimate of drug-likeness (QED) is 0.548. The van der Waals surface area contributed by atoms with Crippen LogP contribution in [0.2, 0.25) is 0 Å². The number of hydrogen-bond acceptors (Lipinski definition) is 4. The van der Waals surface area contributed by atoms with Gasteiger partial charge in [-0.05, 0) is 26.7 Å². The third-order valence-corrected chi connectivity index (χ3v) is 2.77. The van der Waals surface area contributed by atoms with Crippen molar-refractivity contribution in [3.8, 4) is 0 Å². The van der Waals surface area contributed by atoms with E-state index in [2.05, 4.69) is 0 Å². The van der Waals surface area contributed by atoms with Gasteiger partial charge in [0.05, 0.1) is 6.10 Å². The second kappa shape index (κ2) is 4.77. The Kier molecular flexibility index (Phi) is 3.97. The molecule has 0 N–H and O–H groups in total. The van der Waals surface area contributed by atoms with Crippen LogP contribution in [0.4, 0.5) is 0 Å². The molecule has 1 heterocycles. The maximum Gasteiger partial charge on any atom is 0.343 e. The first-order valence-electron chi connectivity index (χ1n) is 6.05. The molecule has 0 aromatic rings. The van der Waals surface area contributed by atoms with E-state index in [1.807, 2.05) is 13.8 Å². The molecule has 0 aliphatic carbocycles. The SMILES string of the molecule is CC(C)[C@@H]1OC(C(=O)OC(C)(C)C)C(=O)[C@@H]1C. The van der Waals surface area contributed by atoms with Gasteiger partial charge in [-0.15, -0.1) is 0 Å². The highest BCUT2D eigenvalue weighted by Crippen LogP contribution is 2.29. The summed E-state index contributed by atoms with van der Waals surface area (Å²) in [6.07, 6.45) is -1.24. The van der Waals surface area contributed by atoms with Crippen molar-refractivity contribution < 1.29 is 19.1 Å². The molecule has 1 aliphatic heterocycles. The number of hydrogen-bond donors (Lipinski definition) is 0. The minimum Gasteiger partial charge on any atom is -0.458 e. The first-order chi connectivity index (χ1) is 7.63. The molecule has 17 heavy (non-hydrogen) atoms. The van der Waals surface area contributed by atoms with Crippen LogP contribution in [-0.2, 0) is 19.1 Å². The molecule has 1 fully saturated rings. The molecule has 1 aliphatic rings. The molecule has 1 rings (SSSR count). The van der Waals surface area contributed by atoms with E-state index in [1.165, 1.54) is 0 Å². The monoisotopic (exact) mass is 242 g/mol. The Morgan fingerprint density at radius 3 is 2.24 bits per heavy atom. The Balaban J connectivity index is 2.74. The zero-order valence-electron chi connectivity index (χ0n) is 11.4. The lowest BCUT2D eigenvalue weighted by molar-refractivity contribution is -0.169. The average Bonchev–Trinajstić information content (AvgIpc) is 2.41. The highest BCUT2D eigenvalue weighted by Gasteiger charge is 2.46. The van der Waals surface area contributed by atoms with Crippen molar-refractivity contribution >= 4 is 11.8 Å². The van der Waals surface area contributed by atoms with Crippen molar-refractivity contribution in [1.82, 2.24) is 0 Å². The van der Waals surface area contributed by atoms with Crippen molar-refractivity contribution in [2.75, 3.05) is 0 Å². The Morgan fingerprint density at radius 1 is 1.35 bits per heavy atom. The van der Waals surface area contributed by atoms with Gasteiger partial charge in [0.1, 0.15) is 5.60 Å². The van der Waals surface area contributed by atoms with Gasteiger partial charge in [0, 0.05) is 5.92 Å². The summed E-state index contributed by atoms with van der Waals surface area (Å²) in [5.74, 6) is -0.774. The fourth-order valence-corrected chi connectivity index (χ4v) is 2.00. The lowest BCUT2D eigenvalue weighted by atomic mass is 9.93. The maximum absolute atomic E-state index is 11.9. The number of Topliss-reactive ketones (excluding diaryl/α,β-unsaturated/α-hetero) is 1. The minimum absolute atomic E-state index is 0.169. The van der Waals surface area contributed by atoms with Crippen LogP contribution in [-0.4, -0.2) is 29.6 Å². The molecule has 0 aromatic heterocycles. The van der Waals surface area contributed by atoms with Crippen LogP contribution < -0.4 is 0 Å². The zero-order chi connectivity index (χ0) is 13.4.